The van der Waals surface area contributed by atoms with Crippen molar-refractivity contribution in [3.8, 4) is 0 Å². The second-order valence-corrected chi connectivity index (χ2v) is 6.35. The first kappa shape index (κ1) is 13.4. The van der Waals surface area contributed by atoms with E-state index in [0.717, 1.165) is 12.2 Å². The molecule has 1 aromatic carbocycles. The first-order valence-electron chi connectivity index (χ1n) is 7.08. The van der Waals surface area contributed by atoms with Crippen molar-refractivity contribution >= 4 is 5.69 Å². The van der Waals surface area contributed by atoms with Crippen molar-refractivity contribution in [2.75, 3.05) is 12.3 Å². The Morgan fingerprint density at radius 3 is 2.28 bits per heavy atom. The molecule has 1 saturated carbocycles. The molecule has 100 valence electrons. The van der Waals surface area contributed by atoms with Crippen LogP contribution in [0.25, 0.3) is 0 Å². The average Bonchev–Trinajstić information content (AvgIpc) is 2.29. The van der Waals surface area contributed by atoms with Gasteiger partial charge in [0.1, 0.15) is 0 Å². The second kappa shape index (κ2) is 4.93. The molecule has 3 N–H and O–H groups in total. The maximum Gasteiger partial charge on any atom is 0.0314 e. The number of hydrogen-bond acceptors (Lipinski definition) is 2. The summed E-state index contributed by atoms with van der Waals surface area (Å²) in [6.45, 7) is 7.92. The number of hydrogen-bond donors (Lipinski definition) is 2. The summed E-state index contributed by atoms with van der Waals surface area (Å²) in [6.07, 6.45) is 5.29. The highest BCUT2D eigenvalue weighted by molar-refractivity contribution is 5.41. The third kappa shape index (κ3) is 2.69. The molecule has 1 aliphatic rings. The summed E-state index contributed by atoms with van der Waals surface area (Å²) in [5, 5.41) is 3.80. The molecule has 1 aliphatic carbocycles. The Morgan fingerprint density at radius 2 is 1.83 bits per heavy atom. The normalized spacial score (nSPS) is 18.4. The van der Waals surface area contributed by atoms with Crippen LogP contribution >= 0.6 is 0 Å². The van der Waals surface area contributed by atoms with Crippen LogP contribution in [0.5, 0.6) is 0 Å². The SMILES string of the molecule is CCC1(NCC(C)(C)c2ccc(N)cc2)CCC1. The van der Waals surface area contributed by atoms with Gasteiger partial charge in [-0.2, -0.15) is 0 Å². The van der Waals surface area contributed by atoms with Gasteiger partial charge in [0.05, 0.1) is 0 Å². The van der Waals surface area contributed by atoms with Gasteiger partial charge < -0.3 is 11.1 Å². The lowest BCUT2D eigenvalue weighted by molar-refractivity contribution is 0.166. The van der Waals surface area contributed by atoms with Crippen molar-refractivity contribution in [1.29, 1.82) is 0 Å². The minimum absolute atomic E-state index is 0.158. The van der Waals surface area contributed by atoms with Gasteiger partial charge in [0.2, 0.25) is 0 Å². The highest BCUT2D eigenvalue weighted by atomic mass is 15.0. The zero-order valence-electron chi connectivity index (χ0n) is 11.9. The van der Waals surface area contributed by atoms with Crippen molar-refractivity contribution in [3.05, 3.63) is 29.8 Å². The fraction of sp³-hybridized carbons (Fsp3) is 0.625. The molecule has 0 spiro atoms. The molecule has 0 unspecified atom stereocenters. The van der Waals surface area contributed by atoms with Gasteiger partial charge >= 0.3 is 0 Å². The molecular formula is C16H26N2. The van der Waals surface area contributed by atoms with E-state index in [9.17, 15) is 0 Å². The predicted molar refractivity (Wildman–Crippen MR) is 78.8 cm³/mol. The van der Waals surface area contributed by atoms with E-state index >= 15 is 0 Å². The molecule has 18 heavy (non-hydrogen) atoms. The van der Waals surface area contributed by atoms with Crippen LogP contribution in [0.1, 0.15) is 52.0 Å². The third-order valence-electron chi connectivity index (χ3n) is 4.58. The Bertz CT molecular complexity index is 383. The zero-order valence-corrected chi connectivity index (χ0v) is 11.9. The highest BCUT2D eigenvalue weighted by Gasteiger charge is 2.36. The van der Waals surface area contributed by atoms with Gasteiger partial charge in [0.15, 0.2) is 0 Å². The van der Waals surface area contributed by atoms with Crippen LogP contribution in [0.3, 0.4) is 0 Å². The largest absolute Gasteiger partial charge is 0.399 e. The van der Waals surface area contributed by atoms with E-state index in [1.54, 1.807) is 0 Å². The third-order valence-corrected chi connectivity index (χ3v) is 4.58. The van der Waals surface area contributed by atoms with Crippen LogP contribution in [0.15, 0.2) is 24.3 Å². The molecule has 2 rings (SSSR count). The predicted octanol–water partition coefficient (Wildman–Crippen LogP) is 3.47. The molecule has 0 radical (unpaired) electrons. The maximum absolute atomic E-state index is 5.75. The Morgan fingerprint density at radius 1 is 1.22 bits per heavy atom. The minimum atomic E-state index is 0.158. The zero-order chi connectivity index (χ0) is 13.2. The smallest absolute Gasteiger partial charge is 0.0314 e. The van der Waals surface area contributed by atoms with Gasteiger partial charge in [-0.3, -0.25) is 0 Å². The van der Waals surface area contributed by atoms with Crippen LogP contribution in [-0.2, 0) is 5.41 Å². The monoisotopic (exact) mass is 246 g/mol. The Hall–Kier alpha value is -1.02. The molecule has 0 aromatic heterocycles. The van der Waals surface area contributed by atoms with Crippen LogP contribution < -0.4 is 11.1 Å². The van der Waals surface area contributed by atoms with Gasteiger partial charge in [-0.05, 0) is 43.4 Å². The quantitative estimate of drug-likeness (QED) is 0.781. The van der Waals surface area contributed by atoms with Crippen molar-refractivity contribution in [3.63, 3.8) is 0 Å². The van der Waals surface area contributed by atoms with E-state index in [1.807, 2.05) is 12.1 Å². The van der Waals surface area contributed by atoms with E-state index in [2.05, 4.69) is 38.2 Å². The van der Waals surface area contributed by atoms with Crippen LogP contribution in [0, 0.1) is 0 Å². The lowest BCUT2D eigenvalue weighted by atomic mass is 9.73. The van der Waals surface area contributed by atoms with Crippen molar-refractivity contribution in [2.45, 2.75) is 57.4 Å². The van der Waals surface area contributed by atoms with Crippen LogP contribution in [0.2, 0.25) is 0 Å². The van der Waals surface area contributed by atoms with Gasteiger partial charge in [-0.25, -0.2) is 0 Å². The molecule has 0 amide bonds. The Labute approximate surface area is 111 Å². The standard InChI is InChI=1S/C16H26N2/c1-4-16(10-5-11-16)18-12-15(2,3)13-6-8-14(17)9-7-13/h6-9,18H,4-5,10-12,17H2,1-3H3. The molecule has 0 aliphatic heterocycles. The van der Waals surface area contributed by atoms with Gasteiger partial charge in [-0.1, -0.05) is 32.9 Å². The molecule has 2 heteroatoms. The molecule has 2 nitrogen and oxygen atoms in total. The van der Waals surface area contributed by atoms with E-state index < -0.39 is 0 Å². The summed E-state index contributed by atoms with van der Waals surface area (Å²) in [5.74, 6) is 0. The average molecular weight is 246 g/mol. The second-order valence-electron chi connectivity index (χ2n) is 6.35. The van der Waals surface area contributed by atoms with E-state index in [1.165, 1.54) is 31.2 Å². The van der Waals surface area contributed by atoms with E-state index in [-0.39, 0.29) is 5.41 Å². The van der Waals surface area contributed by atoms with Crippen LogP contribution in [0.4, 0.5) is 5.69 Å². The molecular weight excluding hydrogens is 220 g/mol. The fourth-order valence-corrected chi connectivity index (χ4v) is 2.70. The van der Waals surface area contributed by atoms with E-state index in [0.29, 0.717) is 5.54 Å². The van der Waals surface area contributed by atoms with E-state index in [4.69, 9.17) is 5.73 Å². The number of benzene rings is 1. The number of rotatable bonds is 5. The summed E-state index contributed by atoms with van der Waals surface area (Å²) in [6, 6.07) is 8.29. The first-order valence-corrected chi connectivity index (χ1v) is 7.08. The number of nitrogen functional groups attached to an aromatic ring is 1. The number of nitrogens with two attached hydrogens (primary N) is 1. The fourth-order valence-electron chi connectivity index (χ4n) is 2.70. The summed E-state index contributed by atoms with van der Waals surface area (Å²) < 4.78 is 0. The molecule has 0 atom stereocenters. The lowest BCUT2D eigenvalue weighted by Gasteiger charge is -2.44. The van der Waals surface area contributed by atoms with Crippen LogP contribution in [-0.4, -0.2) is 12.1 Å². The Kier molecular flexibility index (Phi) is 3.67. The minimum Gasteiger partial charge on any atom is -0.399 e. The van der Waals surface area contributed by atoms with Gasteiger partial charge in [0, 0.05) is 23.2 Å². The molecule has 0 bridgehead atoms. The summed E-state index contributed by atoms with van der Waals surface area (Å²) in [5.41, 5.74) is 8.53. The summed E-state index contributed by atoms with van der Waals surface area (Å²) >= 11 is 0. The Balaban J connectivity index is 2.00. The first-order chi connectivity index (χ1) is 8.47. The molecule has 0 heterocycles. The molecule has 1 aromatic rings. The number of anilines is 1. The summed E-state index contributed by atoms with van der Waals surface area (Å²) in [7, 11) is 0. The topological polar surface area (TPSA) is 38.0 Å². The molecule has 0 saturated heterocycles. The van der Waals surface area contributed by atoms with Crippen molar-refractivity contribution < 1.29 is 0 Å². The highest BCUT2D eigenvalue weighted by Crippen LogP contribution is 2.35. The van der Waals surface area contributed by atoms with Gasteiger partial charge in [-0.15, -0.1) is 0 Å². The number of nitrogens with one attached hydrogen (secondary N) is 1. The lowest BCUT2D eigenvalue weighted by Crippen LogP contribution is -2.53. The van der Waals surface area contributed by atoms with Crippen molar-refractivity contribution in [1.82, 2.24) is 5.32 Å². The maximum atomic E-state index is 5.75. The van der Waals surface area contributed by atoms with Gasteiger partial charge in [0.25, 0.3) is 0 Å². The summed E-state index contributed by atoms with van der Waals surface area (Å²) in [4.78, 5) is 0. The van der Waals surface area contributed by atoms with Crippen molar-refractivity contribution in [2.24, 2.45) is 0 Å². The molecule has 1 fully saturated rings.